The van der Waals surface area contributed by atoms with Crippen LogP contribution in [0.3, 0.4) is 0 Å². The van der Waals surface area contributed by atoms with Crippen LogP contribution in [0.15, 0.2) is 4.99 Å². The smallest absolute Gasteiger partial charge is 0.339 e. The van der Waals surface area contributed by atoms with Gasteiger partial charge in [0.1, 0.15) is 0 Å². The van der Waals surface area contributed by atoms with Crippen LogP contribution in [-0.2, 0) is 13.6 Å². The van der Waals surface area contributed by atoms with Crippen LogP contribution >= 0.6 is 0 Å². The predicted octanol–water partition coefficient (Wildman–Crippen LogP) is 1.08. The van der Waals surface area contributed by atoms with Gasteiger partial charge in [-0.15, -0.1) is 0 Å². The number of aliphatic imine (C=N–C) groups is 1. The third-order valence-electron chi connectivity index (χ3n) is 2.14. The lowest BCUT2D eigenvalue weighted by atomic mass is 10.5. The lowest BCUT2D eigenvalue weighted by Crippen LogP contribution is -2.41. The second-order valence-corrected chi connectivity index (χ2v) is 6.59. The monoisotopic (exact) mass is 189 g/mol. The summed E-state index contributed by atoms with van der Waals surface area (Å²) < 4.78 is 10.5. The molecule has 0 N–H and O–H groups in total. The van der Waals surface area contributed by atoms with Crippen molar-refractivity contribution in [3.63, 3.8) is 0 Å². The Kier molecular flexibility index (Phi) is 5.00. The van der Waals surface area contributed by atoms with Gasteiger partial charge in [-0.1, -0.05) is 6.92 Å². The number of isocyanates is 1. The highest BCUT2D eigenvalue weighted by atomic mass is 28.4. The van der Waals surface area contributed by atoms with Crippen LogP contribution < -0.4 is 0 Å². The van der Waals surface area contributed by atoms with Gasteiger partial charge in [-0.05, 0) is 6.55 Å². The molecule has 0 aromatic rings. The molecule has 0 aliphatic carbocycles. The van der Waals surface area contributed by atoms with E-state index in [0.29, 0.717) is 6.54 Å². The van der Waals surface area contributed by atoms with Gasteiger partial charge in [0.25, 0.3) is 0 Å². The summed E-state index contributed by atoms with van der Waals surface area (Å²) in [6.07, 6.45) is 1.50. The largest absolute Gasteiger partial charge is 0.398 e. The molecule has 0 aliphatic heterocycles. The van der Waals surface area contributed by atoms with Gasteiger partial charge in [0.05, 0.1) is 6.54 Å². The van der Waals surface area contributed by atoms with E-state index >= 15 is 0 Å². The van der Waals surface area contributed by atoms with Crippen molar-refractivity contribution in [1.82, 2.24) is 0 Å². The summed E-state index contributed by atoms with van der Waals surface area (Å²) in [6, 6.07) is 0. The number of carbonyl (C=O) groups excluding carboxylic acids is 1. The van der Waals surface area contributed by atoms with Gasteiger partial charge in [0, 0.05) is 19.8 Å². The van der Waals surface area contributed by atoms with E-state index in [4.69, 9.17) is 8.85 Å². The molecule has 0 heterocycles. The van der Waals surface area contributed by atoms with E-state index in [1.54, 1.807) is 14.2 Å². The molecule has 0 aromatic carbocycles. The Balaban J connectivity index is 4.20. The lowest BCUT2D eigenvalue weighted by molar-refractivity contribution is 0.239. The number of hydrogen-bond acceptors (Lipinski definition) is 4. The zero-order valence-corrected chi connectivity index (χ0v) is 8.96. The maximum absolute atomic E-state index is 9.86. The average Bonchev–Trinajstić information content (AvgIpc) is 2.12. The first kappa shape index (κ1) is 11.5. The van der Waals surface area contributed by atoms with E-state index in [-0.39, 0.29) is 5.54 Å². The van der Waals surface area contributed by atoms with Gasteiger partial charge in [-0.25, -0.2) is 9.79 Å². The van der Waals surface area contributed by atoms with Crippen molar-refractivity contribution in [2.24, 2.45) is 4.99 Å². The molecular weight excluding hydrogens is 174 g/mol. The fourth-order valence-electron chi connectivity index (χ4n) is 0.826. The van der Waals surface area contributed by atoms with Crippen LogP contribution in [0.4, 0.5) is 0 Å². The van der Waals surface area contributed by atoms with E-state index in [2.05, 4.69) is 4.99 Å². The second kappa shape index (κ2) is 5.21. The van der Waals surface area contributed by atoms with E-state index in [1.165, 1.54) is 6.08 Å². The van der Waals surface area contributed by atoms with Crippen molar-refractivity contribution in [3.05, 3.63) is 0 Å². The maximum atomic E-state index is 9.86. The van der Waals surface area contributed by atoms with E-state index in [0.717, 1.165) is 0 Å². The normalized spacial score (nSPS) is 13.7. The molecule has 0 aliphatic rings. The van der Waals surface area contributed by atoms with E-state index in [1.807, 2.05) is 13.5 Å². The Bertz CT molecular complexity index is 175. The molecule has 0 saturated heterocycles. The SMILES string of the molecule is CO[Si](C)(OC)C(C)CN=C=O. The van der Waals surface area contributed by atoms with Gasteiger partial charge >= 0.3 is 8.56 Å². The summed E-state index contributed by atoms with van der Waals surface area (Å²) in [5, 5.41) is 0. The van der Waals surface area contributed by atoms with Gasteiger partial charge in [0.15, 0.2) is 0 Å². The van der Waals surface area contributed by atoms with Crippen molar-refractivity contribution >= 4 is 14.6 Å². The Morgan fingerprint density at radius 2 is 2.00 bits per heavy atom. The van der Waals surface area contributed by atoms with Gasteiger partial charge in [-0.3, -0.25) is 0 Å². The third-order valence-corrected chi connectivity index (χ3v) is 5.73. The van der Waals surface area contributed by atoms with Gasteiger partial charge < -0.3 is 8.85 Å². The fraction of sp³-hybridized carbons (Fsp3) is 0.857. The average molecular weight is 189 g/mol. The second-order valence-electron chi connectivity index (χ2n) is 2.76. The maximum Gasteiger partial charge on any atom is 0.339 e. The van der Waals surface area contributed by atoms with E-state index in [9.17, 15) is 4.79 Å². The quantitative estimate of drug-likeness (QED) is 0.369. The molecule has 0 rings (SSSR count). The molecule has 1 atom stereocenters. The van der Waals surface area contributed by atoms with Crippen molar-refractivity contribution in [3.8, 4) is 0 Å². The Labute approximate surface area is 73.8 Å². The van der Waals surface area contributed by atoms with Crippen LogP contribution in [0.25, 0.3) is 0 Å². The topological polar surface area (TPSA) is 47.9 Å². The summed E-state index contributed by atoms with van der Waals surface area (Å²) in [5.74, 6) is 0. The number of rotatable bonds is 5. The predicted molar refractivity (Wildman–Crippen MR) is 48.0 cm³/mol. The highest BCUT2D eigenvalue weighted by Crippen LogP contribution is 2.22. The molecule has 70 valence electrons. The first-order chi connectivity index (χ1) is 5.60. The molecule has 0 aromatic heterocycles. The Hall–Kier alpha value is -0.483. The molecule has 1 unspecified atom stereocenters. The summed E-state index contributed by atoms with van der Waals surface area (Å²) in [4.78, 5) is 13.4. The number of hydrogen-bond donors (Lipinski definition) is 0. The first-order valence-electron chi connectivity index (χ1n) is 3.74. The zero-order chi connectivity index (χ0) is 9.61. The molecule has 0 amide bonds. The zero-order valence-electron chi connectivity index (χ0n) is 7.96. The van der Waals surface area contributed by atoms with Crippen LogP contribution in [0.1, 0.15) is 6.92 Å². The molecule has 0 fully saturated rings. The van der Waals surface area contributed by atoms with Crippen molar-refractivity contribution in [1.29, 1.82) is 0 Å². The molecule has 5 heteroatoms. The minimum Gasteiger partial charge on any atom is -0.398 e. The molecule has 0 bridgehead atoms. The summed E-state index contributed by atoms with van der Waals surface area (Å²) >= 11 is 0. The summed E-state index contributed by atoms with van der Waals surface area (Å²) in [5.41, 5.74) is 0.161. The van der Waals surface area contributed by atoms with Gasteiger partial charge in [-0.2, -0.15) is 0 Å². The number of nitrogens with zero attached hydrogens (tertiary/aromatic N) is 1. The molecule has 0 saturated carbocycles. The lowest BCUT2D eigenvalue weighted by Gasteiger charge is -2.27. The van der Waals surface area contributed by atoms with E-state index < -0.39 is 8.56 Å². The molecule has 4 nitrogen and oxygen atoms in total. The molecule has 0 spiro atoms. The standard InChI is InChI=1S/C7H15NO3Si/c1-7(5-8-6-9)12(4,10-2)11-3/h7H,5H2,1-4H3. The van der Waals surface area contributed by atoms with Crippen molar-refractivity contribution in [2.75, 3.05) is 20.8 Å². The van der Waals surface area contributed by atoms with Crippen LogP contribution in [0.5, 0.6) is 0 Å². The van der Waals surface area contributed by atoms with Crippen molar-refractivity contribution < 1.29 is 13.6 Å². The van der Waals surface area contributed by atoms with Crippen LogP contribution in [-0.4, -0.2) is 35.4 Å². The first-order valence-corrected chi connectivity index (χ1v) is 6.14. The highest BCUT2D eigenvalue weighted by Gasteiger charge is 2.35. The summed E-state index contributed by atoms with van der Waals surface area (Å²) in [7, 11) is 1.13. The molecule has 12 heavy (non-hydrogen) atoms. The van der Waals surface area contributed by atoms with Crippen LogP contribution in [0, 0.1) is 0 Å². The minimum absolute atomic E-state index is 0.161. The van der Waals surface area contributed by atoms with Crippen LogP contribution in [0.2, 0.25) is 12.1 Å². The summed E-state index contributed by atoms with van der Waals surface area (Å²) in [6.45, 7) is 4.33. The fourth-order valence-corrected chi connectivity index (χ4v) is 2.22. The molecular formula is C7H15NO3Si. The molecule has 0 radical (unpaired) electrons. The third kappa shape index (κ3) is 2.87. The van der Waals surface area contributed by atoms with Gasteiger partial charge in [0.2, 0.25) is 6.08 Å². The minimum atomic E-state index is -2.11. The highest BCUT2D eigenvalue weighted by molar-refractivity contribution is 6.67. The Morgan fingerprint density at radius 3 is 2.33 bits per heavy atom. The van der Waals surface area contributed by atoms with Crippen molar-refractivity contribution in [2.45, 2.75) is 19.0 Å². The Morgan fingerprint density at radius 1 is 1.50 bits per heavy atom.